The number of ether oxygens (including phenoxy) is 1. The van der Waals surface area contributed by atoms with Crippen molar-refractivity contribution in [1.82, 2.24) is 0 Å². The number of benzene rings is 2. The molecule has 2 aromatic carbocycles. The van der Waals surface area contributed by atoms with Crippen molar-refractivity contribution in [2.75, 3.05) is 13.0 Å². The van der Waals surface area contributed by atoms with Gasteiger partial charge in [0, 0.05) is 16.3 Å². The summed E-state index contributed by atoms with van der Waals surface area (Å²) in [6.45, 7) is 2.13. The molecule has 2 aromatic rings. The molecule has 0 radical (unpaired) electrons. The van der Waals surface area contributed by atoms with Crippen LogP contribution in [-0.4, -0.2) is 13.0 Å². The Balaban J connectivity index is 2.29. The van der Waals surface area contributed by atoms with E-state index in [0.29, 0.717) is 11.8 Å². The third-order valence-corrected chi connectivity index (χ3v) is 4.68. The predicted molar refractivity (Wildman–Crippen MR) is 89.0 cm³/mol. The molecule has 0 amide bonds. The van der Waals surface area contributed by atoms with Crippen LogP contribution in [0.5, 0.6) is 5.75 Å². The molecule has 0 aliphatic rings. The van der Waals surface area contributed by atoms with Crippen molar-refractivity contribution in [3.05, 3.63) is 63.6 Å². The molecule has 0 N–H and O–H groups in total. The van der Waals surface area contributed by atoms with Gasteiger partial charge in [-0.05, 0) is 48.2 Å². The van der Waals surface area contributed by atoms with Gasteiger partial charge in [0.25, 0.3) is 0 Å². The molecule has 0 aliphatic heterocycles. The molecule has 0 spiro atoms. The molecule has 0 saturated heterocycles. The van der Waals surface area contributed by atoms with E-state index in [-0.39, 0.29) is 0 Å². The molecule has 20 heavy (non-hydrogen) atoms. The minimum absolute atomic E-state index is 0.307. The molecular formula is C17H18BrClO. The second-order valence-corrected chi connectivity index (χ2v) is 6.03. The maximum Gasteiger partial charge on any atom is 0.119 e. The lowest BCUT2D eigenvalue weighted by atomic mass is 9.90. The lowest BCUT2D eigenvalue weighted by molar-refractivity contribution is 0.414. The lowest BCUT2D eigenvalue weighted by Crippen LogP contribution is -2.07. The summed E-state index contributed by atoms with van der Waals surface area (Å²) in [5.41, 5.74) is 3.83. The molecule has 3 heteroatoms. The highest BCUT2D eigenvalue weighted by Crippen LogP contribution is 2.30. The molecule has 0 saturated carbocycles. The number of rotatable bonds is 5. The molecule has 0 heterocycles. The van der Waals surface area contributed by atoms with Crippen molar-refractivity contribution in [2.24, 2.45) is 0 Å². The smallest absolute Gasteiger partial charge is 0.119 e. The second kappa shape index (κ2) is 7.14. The Labute approximate surface area is 134 Å². The van der Waals surface area contributed by atoms with E-state index in [9.17, 15) is 0 Å². The highest BCUT2D eigenvalue weighted by molar-refractivity contribution is 9.10. The van der Waals surface area contributed by atoms with Crippen LogP contribution in [0.1, 0.15) is 22.6 Å². The van der Waals surface area contributed by atoms with Crippen LogP contribution in [0.2, 0.25) is 0 Å². The molecule has 1 atom stereocenters. The van der Waals surface area contributed by atoms with Gasteiger partial charge in [0.05, 0.1) is 7.11 Å². The van der Waals surface area contributed by atoms with Gasteiger partial charge in [-0.25, -0.2) is 0 Å². The van der Waals surface area contributed by atoms with Gasteiger partial charge in [-0.3, -0.25) is 0 Å². The Kier molecular flexibility index (Phi) is 5.50. The van der Waals surface area contributed by atoms with E-state index in [1.54, 1.807) is 7.11 Å². The topological polar surface area (TPSA) is 9.23 Å². The van der Waals surface area contributed by atoms with Crippen LogP contribution in [-0.2, 0) is 6.42 Å². The first-order valence-electron chi connectivity index (χ1n) is 6.59. The monoisotopic (exact) mass is 352 g/mol. The Hall–Kier alpha value is -0.990. The van der Waals surface area contributed by atoms with Crippen molar-refractivity contribution in [1.29, 1.82) is 0 Å². The molecule has 106 valence electrons. The average Bonchev–Trinajstić information content (AvgIpc) is 2.47. The van der Waals surface area contributed by atoms with E-state index < -0.39 is 0 Å². The van der Waals surface area contributed by atoms with Crippen LogP contribution in [0.25, 0.3) is 0 Å². The van der Waals surface area contributed by atoms with E-state index >= 15 is 0 Å². The Morgan fingerprint density at radius 1 is 1.20 bits per heavy atom. The van der Waals surface area contributed by atoms with Crippen molar-refractivity contribution in [3.63, 3.8) is 0 Å². The van der Waals surface area contributed by atoms with Crippen molar-refractivity contribution in [3.8, 4) is 5.75 Å². The second-order valence-electron chi connectivity index (χ2n) is 4.87. The number of hydrogen-bond donors (Lipinski definition) is 0. The van der Waals surface area contributed by atoms with Gasteiger partial charge in [0.15, 0.2) is 0 Å². The first-order chi connectivity index (χ1) is 9.65. The number of alkyl halides is 1. The van der Waals surface area contributed by atoms with Crippen molar-refractivity contribution in [2.45, 2.75) is 19.3 Å². The highest BCUT2D eigenvalue weighted by atomic mass is 79.9. The summed E-state index contributed by atoms with van der Waals surface area (Å²) >= 11 is 9.81. The molecule has 1 unspecified atom stereocenters. The summed E-state index contributed by atoms with van der Waals surface area (Å²) in [4.78, 5) is 0. The summed E-state index contributed by atoms with van der Waals surface area (Å²) < 4.78 is 6.40. The Morgan fingerprint density at radius 3 is 2.60 bits per heavy atom. The van der Waals surface area contributed by atoms with Gasteiger partial charge in [0.2, 0.25) is 0 Å². The zero-order valence-electron chi connectivity index (χ0n) is 11.7. The summed E-state index contributed by atoms with van der Waals surface area (Å²) in [7, 11) is 1.69. The van der Waals surface area contributed by atoms with Crippen LogP contribution in [0.3, 0.4) is 0 Å². The summed E-state index contributed by atoms with van der Waals surface area (Å²) in [5, 5.41) is 0. The predicted octanol–water partition coefficient (Wildman–Crippen LogP) is 5.33. The van der Waals surface area contributed by atoms with E-state index in [0.717, 1.165) is 16.6 Å². The van der Waals surface area contributed by atoms with Crippen LogP contribution in [0, 0.1) is 6.92 Å². The number of halogens is 2. The van der Waals surface area contributed by atoms with E-state index in [4.69, 9.17) is 16.3 Å². The maximum absolute atomic E-state index is 6.20. The molecule has 0 fully saturated rings. The first kappa shape index (κ1) is 15.4. The van der Waals surface area contributed by atoms with Crippen LogP contribution < -0.4 is 4.74 Å². The summed E-state index contributed by atoms with van der Waals surface area (Å²) in [6, 6.07) is 14.5. The fraction of sp³-hybridized carbons (Fsp3) is 0.294. The summed E-state index contributed by atoms with van der Waals surface area (Å²) in [5.74, 6) is 1.79. The minimum atomic E-state index is 0.307. The van der Waals surface area contributed by atoms with Gasteiger partial charge in [-0.15, -0.1) is 11.6 Å². The van der Waals surface area contributed by atoms with Gasteiger partial charge in [-0.1, -0.05) is 40.2 Å². The van der Waals surface area contributed by atoms with Gasteiger partial charge >= 0.3 is 0 Å². The molecule has 1 nitrogen and oxygen atoms in total. The molecule has 0 bridgehead atoms. The Bertz CT molecular complexity index is 583. The van der Waals surface area contributed by atoms with Crippen molar-refractivity contribution >= 4 is 27.5 Å². The number of hydrogen-bond acceptors (Lipinski definition) is 1. The first-order valence-corrected chi connectivity index (χ1v) is 7.92. The van der Waals surface area contributed by atoms with E-state index in [2.05, 4.69) is 53.2 Å². The van der Waals surface area contributed by atoms with Crippen LogP contribution >= 0.6 is 27.5 Å². The fourth-order valence-electron chi connectivity index (χ4n) is 2.39. The standard InChI is InChI=1S/C17H18BrClO/c1-12-5-3-4-6-16(12)14(11-19)9-13-10-15(20-2)7-8-17(13)18/h3-8,10,14H,9,11H2,1-2H3. The molecule has 0 aromatic heterocycles. The van der Waals surface area contributed by atoms with Gasteiger partial charge < -0.3 is 4.74 Å². The normalized spacial score (nSPS) is 12.2. The van der Waals surface area contributed by atoms with Crippen LogP contribution in [0.4, 0.5) is 0 Å². The molecular weight excluding hydrogens is 336 g/mol. The SMILES string of the molecule is COc1ccc(Br)c(CC(CCl)c2ccccc2C)c1. The van der Waals surface area contributed by atoms with E-state index in [1.807, 2.05) is 12.1 Å². The minimum Gasteiger partial charge on any atom is -0.497 e. The third kappa shape index (κ3) is 3.56. The summed E-state index contributed by atoms with van der Waals surface area (Å²) in [6.07, 6.45) is 0.895. The molecule has 0 aliphatic carbocycles. The van der Waals surface area contributed by atoms with Gasteiger partial charge in [0.1, 0.15) is 5.75 Å². The number of methoxy groups -OCH3 is 1. The maximum atomic E-state index is 6.20. The zero-order chi connectivity index (χ0) is 14.5. The zero-order valence-corrected chi connectivity index (χ0v) is 14.0. The Morgan fingerprint density at radius 2 is 1.95 bits per heavy atom. The highest BCUT2D eigenvalue weighted by Gasteiger charge is 2.15. The molecule has 2 rings (SSSR count). The van der Waals surface area contributed by atoms with E-state index in [1.165, 1.54) is 16.7 Å². The third-order valence-electron chi connectivity index (χ3n) is 3.53. The quantitative estimate of drug-likeness (QED) is 0.660. The average molecular weight is 354 g/mol. The fourth-order valence-corrected chi connectivity index (χ4v) is 3.08. The number of aryl methyl sites for hydroxylation is 1. The van der Waals surface area contributed by atoms with Crippen molar-refractivity contribution < 1.29 is 4.74 Å². The van der Waals surface area contributed by atoms with Gasteiger partial charge in [-0.2, -0.15) is 0 Å². The largest absolute Gasteiger partial charge is 0.497 e. The lowest BCUT2D eigenvalue weighted by Gasteiger charge is -2.18. The van der Waals surface area contributed by atoms with Crippen LogP contribution in [0.15, 0.2) is 46.9 Å².